The van der Waals surface area contributed by atoms with Crippen LogP contribution in [0.1, 0.15) is 132 Å². The molecule has 0 bridgehead atoms. The zero-order valence-electron chi connectivity index (χ0n) is 43.9. The lowest BCUT2D eigenvalue weighted by atomic mass is 9.88. The predicted octanol–water partition coefficient (Wildman–Crippen LogP) is 8.46. The number of rotatable bonds is 19. The highest BCUT2D eigenvalue weighted by molar-refractivity contribution is 6.31. The van der Waals surface area contributed by atoms with Crippen LogP contribution in [0.3, 0.4) is 0 Å². The van der Waals surface area contributed by atoms with E-state index in [0.29, 0.717) is 87.0 Å². The number of hydrogen-bond donors (Lipinski definition) is 5. The number of methoxy groups -OCH3 is 1. The van der Waals surface area contributed by atoms with Gasteiger partial charge in [0, 0.05) is 87.6 Å². The van der Waals surface area contributed by atoms with Gasteiger partial charge in [-0.05, 0) is 161 Å². The molecule has 0 unspecified atom stereocenters. The van der Waals surface area contributed by atoms with Crippen molar-refractivity contribution >= 4 is 57.6 Å². The van der Waals surface area contributed by atoms with E-state index in [-0.39, 0.29) is 47.7 Å². The fourth-order valence-corrected chi connectivity index (χ4v) is 12.2. The number of amides is 2. The third-order valence-electron chi connectivity index (χ3n) is 16.0. The average molecular weight is 1040 g/mol. The number of likely N-dealkylation sites (N-methyl/N-ethyl adjacent to an activating group) is 1. The number of nitrogens with one attached hydrogen (secondary N) is 5. The molecule has 5 aromatic rings. The van der Waals surface area contributed by atoms with E-state index in [2.05, 4.69) is 85.2 Å². The van der Waals surface area contributed by atoms with E-state index in [1.165, 1.54) is 13.4 Å². The van der Waals surface area contributed by atoms with Crippen molar-refractivity contribution in [2.24, 2.45) is 0 Å². The summed E-state index contributed by atoms with van der Waals surface area (Å²) in [6.07, 6.45) is 13.1. The van der Waals surface area contributed by atoms with Crippen molar-refractivity contribution in [2.75, 3.05) is 64.3 Å². The number of halogens is 2. The van der Waals surface area contributed by atoms with Crippen molar-refractivity contribution in [3.63, 3.8) is 0 Å². The number of aromatic nitrogens is 4. The molecule has 0 atom stereocenters. The van der Waals surface area contributed by atoms with Gasteiger partial charge in [0.1, 0.15) is 12.1 Å². The van der Waals surface area contributed by atoms with Crippen molar-refractivity contribution in [1.82, 2.24) is 40.4 Å². The van der Waals surface area contributed by atoms with Crippen LogP contribution in [-0.2, 0) is 25.9 Å². The number of fused-ring (bicyclic) bond motifs is 2. The van der Waals surface area contributed by atoms with Gasteiger partial charge in [0.2, 0.25) is 11.3 Å². The highest BCUT2D eigenvalue weighted by Gasteiger charge is 2.31. The number of ether oxygens (including phenoxy) is 2. The van der Waals surface area contributed by atoms with Gasteiger partial charge in [-0.3, -0.25) is 19.2 Å². The summed E-state index contributed by atoms with van der Waals surface area (Å²) in [6, 6.07) is 8.78. The molecule has 2 aromatic carbocycles. The molecule has 394 valence electrons. The second kappa shape index (κ2) is 23.8. The summed E-state index contributed by atoms with van der Waals surface area (Å²) in [7, 11) is 7.92. The molecule has 2 saturated carbocycles. The number of benzene rings is 2. The Bertz CT molecular complexity index is 2900. The Kier molecular flexibility index (Phi) is 17.5. The van der Waals surface area contributed by atoms with Crippen LogP contribution in [0, 0.1) is 13.8 Å². The normalized spacial score (nSPS) is 19.0. The van der Waals surface area contributed by atoms with Gasteiger partial charge in [-0.15, -0.1) is 0 Å². The molecule has 2 fully saturated rings. The molecule has 3 aromatic heterocycles. The van der Waals surface area contributed by atoms with Crippen LogP contribution in [0.5, 0.6) is 11.8 Å². The smallest absolute Gasteiger partial charge is 0.251 e. The zero-order valence-corrected chi connectivity index (χ0v) is 45.4. The summed E-state index contributed by atoms with van der Waals surface area (Å²) in [4.78, 5) is 78.4. The number of hydrogen-bond acceptors (Lipinski definition) is 11. The summed E-state index contributed by atoms with van der Waals surface area (Å²) in [5.74, 6) is 0.0319. The van der Waals surface area contributed by atoms with Crippen LogP contribution < -0.4 is 40.8 Å². The minimum atomic E-state index is -0.325. The Hall–Kier alpha value is -5.55. The lowest BCUT2D eigenvalue weighted by Crippen LogP contribution is -2.44. The number of aromatic amines is 3. The van der Waals surface area contributed by atoms with Crippen LogP contribution in [0.15, 0.2) is 40.2 Å². The molecule has 0 spiro atoms. The first-order valence-electron chi connectivity index (χ1n) is 26.2. The molecule has 18 heteroatoms. The zero-order chi connectivity index (χ0) is 52.1. The number of H-pyrrole nitrogens is 3. The van der Waals surface area contributed by atoms with E-state index >= 15 is 0 Å². The van der Waals surface area contributed by atoms with E-state index in [0.717, 1.165) is 117 Å². The van der Waals surface area contributed by atoms with Crippen LogP contribution in [0.25, 0.3) is 11.2 Å². The molecule has 5 N–H and O–H groups in total. The summed E-state index contributed by atoms with van der Waals surface area (Å²) in [6.45, 7) is 10.6. The summed E-state index contributed by atoms with van der Waals surface area (Å²) < 4.78 is 11.9. The predicted molar refractivity (Wildman–Crippen MR) is 292 cm³/mol. The second-order valence-corrected chi connectivity index (χ2v) is 21.2. The standard InChI is InChI=1S/C55H74Cl2N10O6/c1-9-66(38-19-15-36(16-20-38)64(5)6)46-27-35(57)26-42(33(46)4)53(71)59-30-44-50(69)48-51(61-31-60-48)63-55(44)73-24-23-65(7)37-17-21-39(22-18-37)67(10-2)47-28-34(56)25-41(32(47)3)52(70)58-29-43-49(68)40-13-11-12-14-45(40)62-54(43)72-8/h25-28,31,36-39H,9-24,29-30H2,1-8H3,(H,58,70)(H,59,71)(H,62,68)(H2,60,61,63,69). The molecular formula is C55H74Cl2N10O6. The molecule has 2 amide bonds. The lowest BCUT2D eigenvalue weighted by Gasteiger charge is -2.41. The fraction of sp³-hybridized carbons (Fsp3) is 0.545. The minimum Gasteiger partial charge on any atom is -0.482 e. The largest absolute Gasteiger partial charge is 0.482 e. The van der Waals surface area contributed by atoms with Crippen LogP contribution in [0.2, 0.25) is 10.0 Å². The van der Waals surface area contributed by atoms with Gasteiger partial charge in [0.15, 0.2) is 17.0 Å². The molecule has 3 heterocycles. The molecule has 73 heavy (non-hydrogen) atoms. The number of carbonyl (C=O) groups is 2. The molecule has 0 aliphatic heterocycles. The molecule has 8 rings (SSSR count). The van der Waals surface area contributed by atoms with Crippen molar-refractivity contribution in [3.05, 3.63) is 106 Å². The number of nitrogens with zero attached hydrogens (tertiary/aromatic N) is 5. The summed E-state index contributed by atoms with van der Waals surface area (Å²) in [5, 5.41) is 6.95. The number of pyridine rings is 2. The molecule has 16 nitrogen and oxygen atoms in total. The first kappa shape index (κ1) is 53.7. The van der Waals surface area contributed by atoms with E-state index in [4.69, 9.17) is 32.7 Å². The van der Waals surface area contributed by atoms with Gasteiger partial charge >= 0.3 is 0 Å². The van der Waals surface area contributed by atoms with Gasteiger partial charge in [0.05, 0.1) is 37.7 Å². The number of carbonyl (C=O) groups excluding carboxylic acids is 2. The van der Waals surface area contributed by atoms with Gasteiger partial charge in [-0.1, -0.05) is 23.2 Å². The fourth-order valence-electron chi connectivity index (χ4n) is 11.8. The third-order valence-corrected chi connectivity index (χ3v) is 16.4. The topological polar surface area (TPSA) is 184 Å². The van der Waals surface area contributed by atoms with Crippen LogP contribution in [-0.4, -0.2) is 120 Å². The summed E-state index contributed by atoms with van der Waals surface area (Å²) in [5.41, 5.74) is 7.24. The maximum absolute atomic E-state index is 14.0. The Morgan fingerprint density at radius 2 is 1.23 bits per heavy atom. The van der Waals surface area contributed by atoms with Crippen molar-refractivity contribution in [3.8, 4) is 11.8 Å². The Balaban J connectivity index is 0.880. The number of aryl methyl sites for hydroxylation is 1. The number of anilines is 2. The minimum absolute atomic E-state index is 0.0327. The third kappa shape index (κ3) is 11.7. The molecule has 3 aliphatic rings. The first-order chi connectivity index (χ1) is 35.1. The van der Waals surface area contributed by atoms with Gasteiger partial charge in [-0.25, -0.2) is 4.98 Å². The Labute approximate surface area is 438 Å². The monoisotopic (exact) mass is 1040 g/mol. The molecular weight excluding hydrogens is 968 g/mol. The molecule has 3 aliphatic carbocycles. The van der Waals surface area contributed by atoms with Crippen LogP contribution >= 0.6 is 23.2 Å². The molecule has 0 saturated heterocycles. The van der Waals surface area contributed by atoms with Crippen molar-refractivity contribution in [2.45, 2.75) is 142 Å². The van der Waals surface area contributed by atoms with Crippen molar-refractivity contribution < 1.29 is 19.1 Å². The van der Waals surface area contributed by atoms with E-state index < -0.39 is 0 Å². The van der Waals surface area contributed by atoms with Gasteiger partial charge < -0.3 is 54.7 Å². The second-order valence-electron chi connectivity index (χ2n) is 20.4. The Morgan fingerprint density at radius 3 is 1.77 bits per heavy atom. The maximum Gasteiger partial charge on any atom is 0.251 e. The average Bonchev–Trinajstić information content (AvgIpc) is 3.87. The quantitative estimate of drug-likeness (QED) is 0.0535. The highest BCUT2D eigenvalue weighted by Crippen LogP contribution is 2.36. The SMILES string of the molecule is CCN(c1cc(Cl)cc(C(=O)NCc2c(OC)[nH]c3c(c2=O)CCCC3)c1C)C1CCC(N(C)CCOc2[nH]c3nc[nH]c3c(=O)c2CNC(=O)c2cc(Cl)cc(N(CC)C3CCC(N(C)C)CC3)c2C)CC1. The first-order valence-corrected chi connectivity index (χ1v) is 27.0. The van der Waals surface area contributed by atoms with E-state index in [1.807, 2.05) is 26.0 Å². The van der Waals surface area contributed by atoms with Gasteiger partial charge in [-0.2, -0.15) is 0 Å². The van der Waals surface area contributed by atoms with Gasteiger partial charge in [0.25, 0.3) is 11.8 Å². The maximum atomic E-state index is 14.0. The Morgan fingerprint density at radius 1 is 0.712 bits per heavy atom. The van der Waals surface area contributed by atoms with Crippen molar-refractivity contribution in [1.29, 1.82) is 0 Å². The van der Waals surface area contributed by atoms with E-state index in [1.54, 1.807) is 12.1 Å². The highest BCUT2D eigenvalue weighted by atomic mass is 35.5. The van der Waals surface area contributed by atoms with E-state index in [9.17, 15) is 19.2 Å². The molecule has 0 radical (unpaired) electrons. The van der Waals surface area contributed by atoms with Crippen LogP contribution in [0.4, 0.5) is 11.4 Å². The number of imidazole rings is 1. The lowest BCUT2D eigenvalue weighted by molar-refractivity contribution is 0.0941. The summed E-state index contributed by atoms with van der Waals surface area (Å²) >= 11 is 13.5.